The van der Waals surface area contributed by atoms with Gasteiger partial charge in [0.25, 0.3) is 5.91 Å². The topological polar surface area (TPSA) is 63.1 Å². The van der Waals surface area contributed by atoms with Gasteiger partial charge in [0.15, 0.2) is 0 Å². The van der Waals surface area contributed by atoms with Gasteiger partial charge in [-0.3, -0.25) is 9.78 Å². The van der Waals surface area contributed by atoms with E-state index in [1.807, 2.05) is 6.07 Å². The first-order valence-corrected chi connectivity index (χ1v) is 11.0. The number of nitrogens with zero attached hydrogens (tertiary/aromatic N) is 4. The molecular weight excluding hydrogens is 443 g/mol. The lowest BCUT2D eigenvalue weighted by Crippen LogP contribution is -2.20. The third kappa shape index (κ3) is 4.46. The molecule has 1 amide bonds. The van der Waals surface area contributed by atoms with Gasteiger partial charge in [-0.2, -0.15) is 13.2 Å². The molecule has 34 heavy (non-hydrogen) atoms. The predicted octanol–water partition coefficient (Wildman–Crippen LogP) is 5.35. The maximum atomic E-state index is 13.3. The molecule has 0 bridgehead atoms. The Kier molecular flexibility index (Phi) is 5.69. The Morgan fingerprint density at radius 2 is 1.76 bits per heavy atom. The van der Waals surface area contributed by atoms with Crippen LogP contribution in [0.1, 0.15) is 34.5 Å². The SMILES string of the molecule is O=C(Nc1ccc(N2CCCC2)nc1)c1cc2cc(C(F)(F)F)ccc2n1Cc1ccncc1. The van der Waals surface area contributed by atoms with Gasteiger partial charge >= 0.3 is 6.18 Å². The number of carbonyl (C=O) groups excluding carboxylic acids is 1. The maximum absolute atomic E-state index is 13.3. The Morgan fingerprint density at radius 1 is 1.00 bits per heavy atom. The van der Waals surface area contributed by atoms with E-state index in [0.29, 0.717) is 23.1 Å². The number of nitrogens with one attached hydrogen (secondary N) is 1. The van der Waals surface area contributed by atoms with Crippen LogP contribution in [0.2, 0.25) is 0 Å². The first-order valence-electron chi connectivity index (χ1n) is 11.0. The van der Waals surface area contributed by atoms with E-state index in [9.17, 15) is 18.0 Å². The second-order valence-electron chi connectivity index (χ2n) is 8.30. The quantitative estimate of drug-likeness (QED) is 0.432. The minimum atomic E-state index is -4.47. The summed E-state index contributed by atoms with van der Waals surface area (Å²) in [5.41, 5.74) is 1.43. The molecule has 3 aromatic heterocycles. The summed E-state index contributed by atoms with van der Waals surface area (Å²) < 4.78 is 41.5. The van der Waals surface area contributed by atoms with Crippen LogP contribution in [-0.4, -0.2) is 33.5 Å². The van der Waals surface area contributed by atoms with E-state index >= 15 is 0 Å². The molecule has 174 valence electrons. The molecule has 0 aliphatic carbocycles. The Labute approximate surface area is 194 Å². The molecule has 0 unspecified atom stereocenters. The zero-order valence-electron chi connectivity index (χ0n) is 18.2. The fourth-order valence-electron chi connectivity index (χ4n) is 4.26. The summed E-state index contributed by atoms with van der Waals surface area (Å²) in [5.74, 6) is 0.441. The number of fused-ring (bicyclic) bond motifs is 1. The third-order valence-electron chi connectivity index (χ3n) is 5.99. The average molecular weight is 465 g/mol. The molecule has 0 radical (unpaired) electrons. The lowest BCUT2D eigenvalue weighted by atomic mass is 10.1. The van der Waals surface area contributed by atoms with Gasteiger partial charge in [-0.1, -0.05) is 0 Å². The predicted molar refractivity (Wildman–Crippen MR) is 124 cm³/mol. The van der Waals surface area contributed by atoms with Crippen LogP contribution >= 0.6 is 0 Å². The van der Waals surface area contributed by atoms with Crippen molar-refractivity contribution in [2.45, 2.75) is 25.6 Å². The van der Waals surface area contributed by atoms with E-state index in [0.717, 1.165) is 49.4 Å². The van der Waals surface area contributed by atoms with Crippen LogP contribution in [0.25, 0.3) is 10.9 Å². The van der Waals surface area contributed by atoms with Crippen LogP contribution in [0.5, 0.6) is 0 Å². The van der Waals surface area contributed by atoms with Gasteiger partial charge in [0, 0.05) is 42.9 Å². The van der Waals surface area contributed by atoms with Crippen LogP contribution in [0.3, 0.4) is 0 Å². The Hall–Kier alpha value is -3.88. The molecule has 5 rings (SSSR count). The summed E-state index contributed by atoms with van der Waals surface area (Å²) in [6.45, 7) is 2.24. The highest BCUT2D eigenvalue weighted by Crippen LogP contribution is 2.33. The molecule has 1 aliphatic rings. The molecule has 4 aromatic rings. The maximum Gasteiger partial charge on any atom is 0.416 e. The monoisotopic (exact) mass is 465 g/mol. The van der Waals surface area contributed by atoms with E-state index in [2.05, 4.69) is 20.2 Å². The number of amides is 1. The van der Waals surface area contributed by atoms with Gasteiger partial charge in [-0.15, -0.1) is 0 Å². The van der Waals surface area contributed by atoms with E-state index < -0.39 is 17.6 Å². The molecule has 9 heteroatoms. The van der Waals surface area contributed by atoms with Crippen molar-refractivity contribution < 1.29 is 18.0 Å². The number of rotatable bonds is 5. The molecule has 1 N–H and O–H groups in total. The largest absolute Gasteiger partial charge is 0.416 e. The van der Waals surface area contributed by atoms with E-state index in [4.69, 9.17) is 0 Å². The van der Waals surface area contributed by atoms with Gasteiger partial charge in [0.2, 0.25) is 0 Å². The first-order chi connectivity index (χ1) is 16.4. The van der Waals surface area contributed by atoms with Crippen molar-refractivity contribution in [2.75, 3.05) is 23.3 Å². The number of hydrogen-bond acceptors (Lipinski definition) is 4. The van der Waals surface area contributed by atoms with Crippen molar-refractivity contribution in [3.63, 3.8) is 0 Å². The van der Waals surface area contributed by atoms with Crippen molar-refractivity contribution in [3.8, 4) is 0 Å². The van der Waals surface area contributed by atoms with Crippen LogP contribution in [0.4, 0.5) is 24.7 Å². The van der Waals surface area contributed by atoms with Crippen molar-refractivity contribution in [1.29, 1.82) is 0 Å². The fourth-order valence-corrected chi connectivity index (χ4v) is 4.26. The van der Waals surface area contributed by atoms with Crippen molar-refractivity contribution in [1.82, 2.24) is 14.5 Å². The summed E-state index contributed by atoms with van der Waals surface area (Å²) in [6, 6.07) is 12.3. The second-order valence-corrected chi connectivity index (χ2v) is 8.30. The molecule has 0 saturated carbocycles. The summed E-state index contributed by atoms with van der Waals surface area (Å²) in [6.07, 6.45) is 2.68. The lowest BCUT2D eigenvalue weighted by Gasteiger charge is -2.16. The second kappa shape index (κ2) is 8.81. The molecular formula is C25H22F3N5O. The number of hydrogen-bond donors (Lipinski definition) is 1. The number of alkyl halides is 3. The third-order valence-corrected chi connectivity index (χ3v) is 5.99. The highest BCUT2D eigenvalue weighted by atomic mass is 19.4. The van der Waals surface area contributed by atoms with Gasteiger partial charge < -0.3 is 14.8 Å². The van der Waals surface area contributed by atoms with Crippen molar-refractivity contribution in [3.05, 3.63) is 83.9 Å². The highest BCUT2D eigenvalue weighted by molar-refractivity contribution is 6.06. The van der Waals surface area contributed by atoms with Crippen molar-refractivity contribution in [2.24, 2.45) is 0 Å². The standard InChI is InChI=1S/C25H22F3N5O/c26-25(27,28)19-3-5-21-18(13-19)14-22(33(21)16-17-7-9-29-10-8-17)24(34)31-20-4-6-23(30-15-20)32-11-1-2-12-32/h3-10,13-15H,1-2,11-12,16H2,(H,31,34). The number of pyridine rings is 2. The molecule has 4 heterocycles. The van der Waals surface area contributed by atoms with Gasteiger partial charge in [-0.05, 0) is 66.9 Å². The molecule has 1 aliphatic heterocycles. The zero-order valence-corrected chi connectivity index (χ0v) is 18.2. The normalized spacial score (nSPS) is 14.0. The Morgan fingerprint density at radius 3 is 2.44 bits per heavy atom. The smallest absolute Gasteiger partial charge is 0.357 e. The van der Waals surface area contributed by atoms with E-state index in [-0.39, 0.29) is 5.69 Å². The first kappa shape index (κ1) is 21.9. The fraction of sp³-hybridized carbons (Fsp3) is 0.240. The average Bonchev–Trinajstić information content (AvgIpc) is 3.48. The number of aromatic nitrogens is 3. The Balaban J connectivity index is 1.47. The van der Waals surface area contributed by atoms with Gasteiger partial charge in [0.05, 0.1) is 17.4 Å². The van der Waals surface area contributed by atoms with E-state index in [1.165, 1.54) is 12.1 Å². The number of benzene rings is 1. The minimum absolute atomic E-state index is 0.259. The molecule has 1 aromatic carbocycles. The summed E-state index contributed by atoms with van der Waals surface area (Å²) in [4.78, 5) is 23.9. The van der Waals surface area contributed by atoms with Crippen LogP contribution < -0.4 is 10.2 Å². The van der Waals surface area contributed by atoms with Gasteiger partial charge in [0.1, 0.15) is 11.5 Å². The minimum Gasteiger partial charge on any atom is -0.357 e. The Bertz CT molecular complexity index is 1310. The molecule has 6 nitrogen and oxygen atoms in total. The van der Waals surface area contributed by atoms with Gasteiger partial charge in [-0.25, -0.2) is 4.98 Å². The van der Waals surface area contributed by atoms with Crippen LogP contribution in [0, 0.1) is 0 Å². The van der Waals surface area contributed by atoms with Crippen molar-refractivity contribution >= 4 is 28.3 Å². The highest BCUT2D eigenvalue weighted by Gasteiger charge is 2.31. The number of halogens is 3. The molecule has 0 spiro atoms. The molecule has 1 fully saturated rings. The number of carbonyl (C=O) groups is 1. The summed E-state index contributed by atoms with van der Waals surface area (Å²) >= 11 is 0. The molecule has 0 atom stereocenters. The van der Waals surface area contributed by atoms with Crippen LogP contribution in [-0.2, 0) is 12.7 Å². The van der Waals surface area contributed by atoms with Crippen LogP contribution in [0.15, 0.2) is 67.1 Å². The number of anilines is 2. The summed E-state index contributed by atoms with van der Waals surface area (Å²) in [7, 11) is 0. The lowest BCUT2D eigenvalue weighted by molar-refractivity contribution is -0.137. The van der Waals surface area contributed by atoms with E-state index in [1.54, 1.807) is 41.4 Å². The zero-order chi connectivity index (χ0) is 23.7. The summed E-state index contributed by atoms with van der Waals surface area (Å²) in [5, 5.41) is 3.18. The molecule has 1 saturated heterocycles.